The molecule has 0 spiro atoms. The second kappa shape index (κ2) is 5.16. The largest absolute Gasteiger partial charge is 0.378 e. The van der Waals surface area contributed by atoms with Crippen LogP contribution < -0.4 is 0 Å². The first-order valence-electron chi connectivity index (χ1n) is 5.55. The highest BCUT2D eigenvalue weighted by molar-refractivity contribution is 4.71. The van der Waals surface area contributed by atoms with Crippen molar-refractivity contribution in [2.45, 2.75) is 60.5 Å². The molecule has 0 fully saturated rings. The first-order valence-corrected chi connectivity index (χ1v) is 5.55. The van der Waals surface area contributed by atoms with Gasteiger partial charge in [-0.25, -0.2) is 0 Å². The van der Waals surface area contributed by atoms with Crippen molar-refractivity contribution >= 4 is 0 Å². The molecule has 0 rings (SSSR count). The summed E-state index contributed by atoms with van der Waals surface area (Å²) in [4.78, 5) is 0. The minimum atomic E-state index is 0.255. The van der Waals surface area contributed by atoms with Crippen LogP contribution in [-0.2, 0) is 4.74 Å². The summed E-state index contributed by atoms with van der Waals surface area (Å²) in [7, 11) is 0. The van der Waals surface area contributed by atoms with E-state index in [2.05, 4.69) is 48.5 Å². The van der Waals surface area contributed by atoms with E-state index < -0.39 is 0 Å². The first kappa shape index (κ1) is 14.0. The van der Waals surface area contributed by atoms with Crippen LogP contribution in [0.2, 0.25) is 0 Å². The summed E-state index contributed by atoms with van der Waals surface area (Å²) < 4.78 is 5.87. The lowest BCUT2D eigenvalue weighted by Gasteiger charge is -2.28. The quantitative estimate of drug-likeness (QED) is 0.663. The van der Waals surface area contributed by atoms with Crippen LogP contribution in [0.4, 0.5) is 0 Å². The molecule has 0 bridgehead atoms. The van der Waals surface area contributed by atoms with Gasteiger partial charge < -0.3 is 4.74 Å². The Morgan fingerprint density at radius 1 is 1.00 bits per heavy atom. The van der Waals surface area contributed by atoms with Gasteiger partial charge in [0.1, 0.15) is 0 Å². The zero-order valence-corrected chi connectivity index (χ0v) is 10.8. The Labute approximate surface area is 90.2 Å². The number of hydrogen-bond donors (Lipinski definition) is 0. The van der Waals surface area contributed by atoms with Crippen molar-refractivity contribution in [3.8, 4) is 0 Å². The molecule has 14 heavy (non-hydrogen) atoms. The summed E-state index contributed by atoms with van der Waals surface area (Å²) in [5.74, 6) is 0. The molecular weight excluding hydrogens is 172 g/mol. The summed E-state index contributed by atoms with van der Waals surface area (Å²) in [6.07, 6.45) is 2.27. The van der Waals surface area contributed by atoms with Crippen LogP contribution in [0.5, 0.6) is 0 Å². The Hall–Kier alpha value is -0.0400. The molecule has 0 heterocycles. The molecule has 0 saturated carbocycles. The van der Waals surface area contributed by atoms with Crippen LogP contribution in [0, 0.1) is 17.8 Å². The maximum atomic E-state index is 5.87. The third-order valence-electron chi connectivity index (χ3n) is 1.91. The molecule has 0 aromatic carbocycles. The number of ether oxygens (including phenoxy) is 1. The van der Waals surface area contributed by atoms with Gasteiger partial charge in [-0.15, -0.1) is 0 Å². The molecule has 0 N–H and O–H groups in total. The molecule has 0 saturated heterocycles. The van der Waals surface area contributed by atoms with Gasteiger partial charge in [-0.2, -0.15) is 0 Å². The van der Waals surface area contributed by atoms with Gasteiger partial charge in [-0.05, 0) is 23.7 Å². The highest BCUT2D eigenvalue weighted by Crippen LogP contribution is 2.25. The van der Waals surface area contributed by atoms with Gasteiger partial charge in [-0.3, -0.25) is 0 Å². The third-order valence-corrected chi connectivity index (χ3v) is 1.91. The Morgan fingerprint density at radius 3 is 1.79 bits per heavy atom. The minimum absolute atomic E-state index is 0.255. The molecule has 1 nitrogen and oxygen atoms in total. The number of rotatable bonds is 4. The molecule has 0 aliphatic heterocycles. The average molecular weight is 199 g/mol. The molecule has 1 atom stereocenters. The summed E-state index contributed by atoms with van der Waals surface area (Å²) in [5, 5.41) is 0. The fourth-order valence-corrected chi connectivity index (χ4v) is 1.30. The molecule has 0 aliphatic rings. The second-order valence-corrected chi connectivity index (χ2v) is 6.55. The standard InChI is InChI=1S/C13H27O/c1-8-11(9-12(2,3)4)14-10-13(5,6)7/h11H,1,8-10H2,2-7H3. The van der Waals surface area contributed by atoms with E-state index in [1.165, 1.54) is 0 Å². The fraction of sp³-hybridized carbons (Fsp3) is 0.923. The van der Waals surface area contributed by atoms with Crippen molar-refractivity contribution in [2.75, 3.05) is 6.61 Å². The molecule has 0 aromatic rings. The Bertz CT molecular complexity index is 148. The first-order chi connectivity index (χ1) is 6.14. The van der Waals surface area contributed by atoms with Crippen molar-refractivity contribution in [3.05, 3.63) is 6.92 Å². The Balaban J connectivity index is 3.93. The molecule has 85 valence electrons. The average Bonchev–Trinajstić information content (AvgIpc) is 1.94. The normalized spacial score (nSPS) is 15.6. The molecule has 1 radical (unpaired) electrons. The predicted molar refractivity (Wildman–Crippen MR) is 63.2 cm³/mol. The third kappa shape index (κ3) is 8.55. The topological polar surface area (TPSA) is 9.23 Å². The molecule has 0 amide bonds. The van der Waals surface area contributed by atoms with Gasteiger partial charge in [0.25, 0.3) is 0 Å². The van der Waals surface area contributed by atoms with E-state index in [1.807, 2.05) is 0 Å². The highest BCUT2D eigenvalue weighted by Gasteiger charge is 2.20. The van der Waals surface area contributed by atoms with E-state index in [9.17, 15) is 0 Å². The highest BCUT2D eigenvalue weighted by atomic mass is 16.5. The van der Waals surface area contributed by atoms with E-state index in [0.717, 1.165) is 19.4 Å². The van der Waals surface area contributed by atoms with Crippen LogP contribution in [-0.4, -0.2) is 12.7 Å². The zero-order chi connectivity index (χ0) is 11.4. The van der Waals surface area contributed by atoms with E-state index in [-0.39, 0.29) is 5.41 Å². The summed E-state index contributed by atoms with van der Waals surface area (Å²) in [5.41, 5.74) is 0.589. The lowest BCUT2D eigenvalue weighted by atomic mass is 9.88. The van der Waals surface area contributed by atoms with Gasteiger partial charge in [0, 0.05) is 0 Å². The fourth-order valence-electron chi connectivity index (χ4n) is 1.30. The number of hydrogen-bond acceptors (Lipinski definition) is 1. The van der Waals surface area contributed by atoms with Gasteiger partial charge >= 0.3 is 0 Å². The molecule has 1 heteroatoms. The van der Waals surface area contributed by atoms with E-state index in [4.69, 9.17) is 4.74 Å². The van der Waals surface area contributed by atoms with E-state index in [0.29, 0.717) is 11.5 Å². The van der Waals surface area contributed by atoms with Crippen molar-refractivity contribution < 1.29 is 4.74 Å². The molecular formula is C13H27O. The van der Waals surface area contributed by atoms with Crippen molar-refractivity contribution in [1.82, 2.24) is 0 Å². The lowest BCUT2D eigenvalue weighted by molar-refractivity contribution is -0.00972. The van der Waals surface area contributed by atoms with Gasteiger partial charge in [0.2, 0.25) is 0 Å². The predicted octanol–water partition coefficient (Wildman–Crippen LogP) is 4.08. The Morgan fingerprint density at radius 2 is 1.50 bits per heavy atom. The van der Waals surface area contributed by atoms with Crippen LogP contribution in [0.3, 0.4) is 0 Å². The van der Waals surface area contributed by atoms with E-state index >= 15 is 0 Å². The monoisotopic (exact) mass is 199 g/mol. The zero-order valence-electron chi connectivity index (χ0n) is 10.8. The maximum absolute atomic E-state index is 5.87. The van der Waals surface area contributed by atoms with Crippen molar-refractivity contribution in [2.24, 2.45) is 10.8 Å². The van der Waals surface area contributed by atoms with Crippen molar-refractivity contribution in [3.63, 3.8) is 0 Å². The molecule has 0 aliphatic carbocycles. The minimum Gasteiger partial charge on any atom is -0.378 e. The summed E-state index contributed by atoms with van der Waals surface area (Å²) in [6, 6.07) is 0. The van der Waals surface area contributed by atoms with Gasteiger partial charge in [-0.1, -0.05) is 48.5 Å². The molecule has 1 unspecified atom stereocenters. The SMILES string of the molecule is [CH2]CC(CC(C)(C)C)OCC(C)(C)C. The lowest BCUT2D eigenvalue weighted by Crippen LogP contribution is -2.25. The van der Waals surface area contributed by atoms with Crippen LogP contribution >= 0.6 is 0 Å². The van der Waals surface area contributed by atoms with Gasteiger partial charge in [0.05, 0.1) is 12.7 Å². The van der Waals surface area contributed by atoms with Crippen LogP contribution in [0.15, 0.2) is 0 Å². The van der Waals surface area contributed by atoms with E-state index in [1.54, 1.807) is 0 Å². The maximum Gasteiger partial charge on any atom is 0.0580 e. The smallest absolute Gasteiger partial charge is 0.0580 e. The summed E-state index contributed by atoms with van der Waals surface area (Å²) in [6.45, 7) is 18.1. The van der Waals surface area contributed by atoms with Crippen molar-refractivity contribution in [1.29, 1.82) is 0 Å². The Kier molecular flexibility index (Phi) is 5.14. The molecule has 0 aromatic heterocycles. The van der Waals surface area contributed by atoms with Crippen LogP contribution in [0.25, 0.3) is 0 Å². The van der Waals surface area contributed by atoms with Gasteiger partial charge in [0.15, 0.2) is 0 Å². The van der Waals surface area contributed by atoms with Crippen LogP contribution in [0.1, 0.15) is 54.4 Å². The second-order valence-electron chi connectivity index (χ2n) is 6.55. The summed E-state index contributed by atoms with van der Waals surface area (Å²) >= 11 is 0.